The third-order valence-corrected chi connectivity index (χ3v) is 4.28. The summed E-state index contributed by atoms with van der Waals surface area (Å²) >= 11 is 3.98. The molecule has 9 heteroatoms. The number of amides is 1. The van der Waals surface area contributed by atoms with Crippen LogP contribution in [-0.4, -0.2) is 22.9 Å². The number of nitrogens with zero attached hydrogens (tertiary/aromatic N) is 1. The van der Waals surface area contributed by atoms with Crippen LogP contribution in [0.3, 0.4) is 0 Å². The quantitative estimate of drug-likeness (QED) is 0.471. The molecule has 1 amide bonds. The Hall–Kier alpha value is -2.26. The van der Waals surface area contributed by atoms with E-state index in [1.165, 1.54) is 19.1 Å². The summed E-state index contributed by atoms with van der Waals surface area (Å²) in [6.07, 6.45) is -1.03. The van der Waals surface area contributed by atoms with Crippen LogP contribution in [0.2, 0.25) is 0 Å². The lowest BCUT2D eigenvalue weighted by molar-refractivity contribution is -0.380. The molecule has 0 radical (unpaired) electrons. The van der Waals surface area contributed by atoms with Gasteiger partial charge in [0.15, 0.2) is 6.10 Å². The van der Waals surface area contributed by atoms with Gasteiger partial charge >= 0.3 is 11.0 Å². The number of ether oxygens (including phenoxy) is 1. The van der Waals surface area contributed by atoms with E-state index in [0.29, 0.717) is 17.0 Å². The Bertz CT molecular complexity index is 744. The van der Waals surface area contributed by atoms with Gasteiger partial charge in [-0.3, -0.25) is 14.9 Å². The lowest BCUT2D eigenvalue weighted by Crippen LogP contribution is -2.29. The zero-order chi connectivity index (χ0) is 17.0. The fourth-order valence-corrected chi connectivity index (χ4v) is 2.55. The molecule has 1 aromatic carbocycles. The van der Waals surface area contributed by atoms with Crippen molar-refractivity contribution in [1.82, 2.24) is 0 Å². The van der Waals surface area contributed by atoms with Crippen molar-refractivity contribution in [2.75, 3.05) is 5.32 Å². The van der Waals surface area contributed by atoms with Crippen molar-refractivity contribution in [2.24, 2.45) is 0 Å². The second-order valence-electron chi connectivity index (χ2n) is 4.44. The summed E-state index contributed by atoms with van der Waals surface area (Å²) in [5.74, 6) is -1.27. The summed E-state index contributed by atoms with van der Waals surface area (Å²) in [4.78, 5) is 33.9. The van der Waals surface area contributed by atoms with Crippen molar-refractivity contribution in [3.8, 4) is 0 Å². The second kappa shape index (κ2) is 7.34. The van der Waals surface area contributed by atoms with Gasteiger partial charge in [-0.25, -0.2) is 4.79 Å². The molecule has 0 aliphatic carbocycles. The zero-order valence-electron chi connectivity index (χ0n) is 11.8. The molecule has 0 aliphatic rings. The third kappa shape index (κ3) is 4.60. The van der Waals surface area contributed by atoms with Crippen molar-refractivity contribution in [3.63, 3.8) is 0 Å². The number of esters is 1. The molecule has 0 bridgehead atoms. The molecule has 0 unspecified atom stereocenters. The summed E-state index contributed by atoms with van der Waals surface area (Å²) in [7, 11) is 0. The van der Waals surface area contributed by atoms with Crippen LogP contribution in [0, 0.1) is 10.1 Å². The number of carbonyl (C=O) groups is 2. The maximum atomic E-state index is 12.0. The van der Waals surface area contributed by atoms with Crippen molar-refractivity contribution >= 4 is 49.8 Å². The van der Waals surface area contributed by atoms with E-state index < -0.39 is 22.9 Å². The normalized spacial score (nSPS) is 11.6. The van der Waals surface area contributed by atoms with E-state index in [0.717, 1.165) is 4.47 Å². The summed E-state index contributed by atoms with van der Waals surface area (Å²) in [6.45, 7) is 1.42. The van der Waals surface area contributed by atoms with Crippen molar-refractivity contribution < 1.29 is 19.2 Å². The van der Waals surface area contributed by atoms with Crippen LogP contribution in [0.15, 0.2) is 40.9 Å². The lowest BCUT2D eigenvalue weighted by Gasteiger charge is -2.12. The second-order valence-corrected chi connectivity index (χ2v) is 6.42. The zero-order valence-corrected chi connectivity index (χ0v) is 14.2. The van der Waals surface area contributed by atoms with E-state index >= 15 is 0 Å². The van der Waals surface area contributed by atoms with Crippen molar-refractivity contribution in [2.45, 2.75) is 13.0 Å². The van der Waals surface area contributed by atoms with Gasteiger partial charge in [-0.15, -0.1) is 0 Å². The topological polar surface area (TPSA) is 98.5 Å². The number of nitro groups is 1. The maximum absolute atomic E-state index is 12.0. The molecular formula is C14H11BrN2O5S. The molecule has 120 valence electrons. The molecule has 1 atom stereocenters. The Kier molecular flexibility index (Phi) is 5.45. The van der Waals surface area contributed by atoms with E-state index in [9.17, 15) is 19.7 Å². The SMILES string of the molecule is C[C@H](OC(=O)c1ccc([N+](=O)[O-])s1)C(=O)Nc1ccc(Br)cc1. The number of rotatable bonds is 5. The van der Waals surface area contributed by atoms with Gasteiger partial charge in [-0.2, -0.15) is 0 Å². The minimum atomic E-state index is -1.03. The first-order valence-corrected chi connectivity index (χ1v) is 7.99. The van der Waals surface area contributed by atoms with Crippen LogP contribution in [0.5, 0.6) is 0 Å². The number of nitrogens with one attached hydrogen (secondary N) is 1. The molecule has 0 saturated heterocycles. The molecule has 2 rings (SSSR count). The molecule has 1 aromatic heterocycles. The number of halogens is 1. The summed E-state index contributed by atoms with van der Waals surface area (Å²) in [6, 6.07) is 9.42. The number of anilines is 1. The highest BCUT2D eigenvalue weighted by atomic mass is 79.9. The van der Waals surface area contributed by atoms with Gasteiger partial charge < -0.3 is 10.1 Å². The van der Waals surface area contributed by atoms with E-state index in [1.807, 2.05) is 0 Å². The van der Waals surface area contributed by atoms with Gasteiger partial charge in [-0.1, -0.05) is 27.3 Å². The first-order chi connectivity index (χ1) is 10.9. The summed E-state index contributed by atoms with van der Waals surface area (Å²) in [5.41, 5.74) is 0.563. The van der Waals surface area contributed by atoms with Gasteiger partial charge in [0, 0.05) is 16.2 Å². The molecule has 0 fully saturated rings. The average Bonchev–Trinajstić information content (AvgIpc) is 2.99. The Labute approximate surface area is 143 Å². The highest BCUT2D eigenvalue weighted by Crippen LogP contribution is 2.24. The van der Waals surface area contributed by atoms with Gasteiger partial charge in [-0.05, 0) is 37.3 Å². The predicted molar refractivity (Wildman–Crippen MR) is 88.6 cm³/mol. The molecule has 2 aromatic rings. The van der Waals surface area contributed by atoms with E-state index in [1.54, 1.807) is 24.3 Å². The van der Waals surface area contributed by atoms with E-state index in [-0.39, 0.29) is 9.88 Å². The Morgan fingerprint density at radius 3 is 2.48 bits per heavy atom. The number of carbonyl (C=O) groups excluding carboxylic acids is 2. The molecule has 0 aliphatic heterocycles. The van der Waals surface area contributed by atoms with Gasteiger partial charge in [0.05, 0.1) is 4.92 Å². The van der Waals surface area contributed by atoms with Gasteiger partial charge in [0.2, 0.25) is 0 Å². The molecule has 0 saturated carbocycles. The van der Waals surface area contributed by atoms with Crippen LogP contribution < -0.4 is 5.32 Å². The number of hydrogen-bond acceptors (Lipinski definition) is 6. The van der Waals surface area contributed by atoms with Crippen LogP contribution in [0.4, 0.5) is 10.7 Å². The lowest BCUT2D eigenvalue weighted by atomic mass is 10.3. The fourth-order valence-electron chi connectivity index (χ4n) is 1.58. The maximum Gasteiger partial charge on any atom is 0.349 e. The van der Waals surface area contributed by atoms with Gasteiger partial charge in [0.25, 0.3) is 5.91 Å². The molecular weight excluding hydrogens is 388 g/mol. The average molecular weight is 399 g/mol. The minimum Gasteiger partial charge on any atom is -0.448 e. The van der Waals surface area contributed by atoms with Crippen molar-refractivity contribution in [3.05, 3.63) is 55.9 Å². The van der Waals surface area contributed by atoms with Crippen molar-refractivity contribution in [1.29, 1.82) is 0 Å². The smallest absolute Gasteiger partial charge is 0.349 e. The summed E-state index contributed by atoms with van der Waals surface area (Å²) < 4.78 is 5.88. The molecule has 1 N–H and O–H groups in total. The molecule has 7 nitrogen and oxygen atoms in total. The number of benzene rings is 1. The Morgan fingerprint density at radius 2 is 1.91 bits per heavy atom. The molecule has 23 heavy (non-hydrogen) atoms. The standard InChI is InChI=1S/C14H11BrN2O5S/c1-8(13(18)16-10-4-2-9(15)3-5-10)22-14(19)11-6-7-12(23-11)17(20)21/h2-8H,1H3,(H,16,18)/t8-/m0/s1. The Morgan fingerprint density at radius 1 is 1.26 bits per heavy atom. The van der Waals surface area contributed by atoms with E-state index in [2.05, 4.69) is 21.2 Å². The van der Waals surface area contributed by atoms with Crippen LogP contribution in [0.25, 0.3) is 0 Å². The Balaban J connectivity index is 1.95. The third-order valence-electron chi connectivity index (χ3n) is 2.74. The largest absolute Gasteiger partial charge is 0.448 e. The fraction of sp³-hybridized carbons (Fsp3) is 0.143. The van der Waals surface area contributed by atoms with Crippen LogP contribution in [-0.2, 0) is 9.53 Å². The van der Waals surface area contributed by atoms with Crippen LogP contribution >= 0.6 is 27.3 Å². The number of hydrogen-bond donors (Lipinski definition) is 1. The predicted octanol–water partition coefficient (Wildman–Crippen LogP) is 3.60. The molecule has 1 heterocycles. The molecule has 0 spiro atoms. The van der Waals surface area contributed by atoms with Crippen LogP contribution in [0.1, 0.15) is 16.6 Å². The number of thiophene rings is 1. The highest BCUT2D eigenvalue weighted by Gasteiger charge is 2.22. The first-order valence-electron chi connectivity index (χ1n) is 6.38. The highest BCUT2D eigenvalue weighted by molar-refractivity contribution is 9.10. The first kappa shape index (κ1) is 17.1. The summed E-state index contributed by atoms with van der Waals surface area (Å²) in [5, 5.41) is 13.0. The van der Waals surface area contributed by atoms with Gasteiger partial charge in [0.1, 0.15) is 4.88 Å². The monoisotopic (exact) mass is 398 g/mol. The minimum absolute atomic E-state index is 0.0694. The van der Waals surface area contributed by atoms with E-state index in [4.69, 9.17) is 4.74 Å².